The largest absolute Gasteiger partial charge is 0.395 e. The lowest BCUT2D eigenvalue weighted by molar-refractivity contribution is -0.140. The number of piperazine rings is 1. The van der Waals surface area contributed by atoms with Crippen LogP contribution in [0.5, 0.6) is 0 Å². The Balaban J connectivity index is 2.00. The van der Waals surface area contributed by atoms with Crippen molar-refractivity contribution in [3.8, 4) is 0 Å². The van der Waals surface area contributed by atoms with E-state index in [1.807, 2.05) is 32.0 Å². The van der Waals surface area contributed by atoms with Gasteiger partial charge in [0.05, 0.1) is 19.1 Å². The summed E-state index contributed by atoms with van der Waals surface area (Å²) in [7, 11) is 0. The van der Waals surface area contributed by atoms with E-state index in [1.165, 1.54) is 5.56 Å². The first-order valence-electron chi connectivity index (χ1n) is 8.99. The van der Waals surface area contributed by atoms with Crippen LogP contribution in [-0.4, -0.2) is 71.6 Å². The van der Waals surface area contributed by atoms with Crippen molar-refractivity contribution in [1.29, 1.82) is 0 Å². The molecule has 1 saturated heterocycles. The molecule has 0 radical (unpaired) electrons. The first-order valence-corrected chi connectivity index (χ1v) is 8.99. The molecule has 25 heavy (non-hydrogen) atoms. The van der Waals surface area contributed by atoms with Crippen molar-refractivity contribution >= 4 is 11.8 Å². The van der Waals surface area contributed by atoms with Crippen LogP contribution in [-0.2, 0) is 16.0 Å². The summed E-state index contributed by atoms with van der Waals surface area (Å²) in [4.78, 5) is 28.7. The van der Waals surface area contributed by atoms with Crippen LogP contribution in [0.4, 0.5) is 0 Å². The Morgan fingerprint density at radius 1 is 1.36 bits per heavy atom. The van der Waals surface area contributed by atoms with Gasteiger partial charge in [0.15, 0.2) is 0 Å². The van der Waals surface area contributed by atoms with Crippen molar-refractivity contribution in [1.82, 2.24) is 15.1 Å². The molecule has 0 unspecified atom stereocenters. The molecule has 138 valence electrons. The average molecular weight is 347 g/mol. The number of carbonyl (C=O) groups is 2. The number of hydrogen-bond acceptors (Lipinski definition) is 4. The molecule has 1 aromatic rings. The van der Waals surface area contributed by atoms with E-state index in [9.17, 15) is 14.7 Å². The second-order valence-corrected chi connectivity index (χ2v) is 6.69. The second kappa shape index (κ2) is 9.53. The van der Waals surface area contributed by atoms with Gasteiger partial charge in [-0.05, 0) is 25.8 Å². The molecule has 0 spiro atoms. The van der Waals surface area contributed by atoms with Crippen molar-refractivity contribution in [2.24, 2.45) is 0 Å². The number of aliphatic hydroxyl groups excluding tert-OH is 1. The van der Waals surface area contributed by atoms with E-state index in [1.54, 1.807) is 4.90 Å². The monoisotopic (exact) mass is 347 g/mol. The van der Waals surface area contributed by atoms with Crippen LogP contribution >= 0.6 is 0 Å². The first kappa shape index (κ1) is 19.4. The molecule has 6 heteroatoms. The van der Waals surface area contributed by atoms with E-state index >= 15 is 0 Å². The summed E-state index contributed by atoms with van der Waals surface area (Å²) in [5.74, 6) is -0.170. The SMILES string of the molecule is CC(C)N(CCO)C(=O)C[C@H]1C(=O)NCCN1CCc1ccccc1. The molecule has 2 N–H and O–H groups in total. The van der Waals surface area contributed by atoms with E-state index in [-0.39, 0.29) is 30.9 Å². The molecule has 0 bridgehead atoms. The lowest BCUT2D eigenvalue weighted by Crippen LogP contribution is -2.57. The summed E-state index contributed by atoms with van der Waals surface area (Å²) in [6.07, 6.45) is 1.00. The molecule has 1 aromatic carbocycles. The highest BCUT2D eigenvalue weighted by Gasteiger charge is 2.33. The molecule has 0 aromatic heterocycles. The highest BCUT2D eigenvalue weighted by Crippen LogP contribution is 2.13. The Kier molecular flexibility index (Phi) is 7.40. The molecule has 1 heterocycles. The second-order valence-electron chi connectivity index (χ2n) is 6.69. The third-order valence-electron chi connectivity index (χ3n) is 4.62. The lowest BCUT2D eigenvalue weighted by atomic mass is 10.1. The quantitative estimate of drug-likeness (QED) is 0.724. The Hall–Kier alpha value is -1.92. The van der Waals surface area contributed by atoms with Crippen LogP contribution in [0, 0.1) is 0 Å². The highest BCUT2D eigenvalue weighted by molar-refractivity contribution is 5.89. The molecule has 1 aliphatic rings. The van der Waals surface area contributed by atoms with Gasteiger partial charge in [-0.3, -0.25) is 14.5 Å². The minimum Gasteiger partial charge on any atom is -0.395 e. The van der Waals surface area contributed by atoms with Gasteiger partial charge in [0.1, 0.15) is 0 Å². The van der Waals surface area contributed by atoms with E-state index in [0.29, 0.717) is 13.1 Å². The molecule has 1 aliphatic heterocycles. The average Bonchev–Trinajstić information content (AvgIpc) is 2.60. The lowest BCUT2D eigenvalue weighted by Gasteiger charge is -2.36. The maximum atomic E-state index is 12.6. The zero-order valence-electron chi connectivity index (χ0n) is 15.1. The Morgan fingerprint density at radius 3 is 2.72 bits per heavy atom. The van der Waals surface area contributed by atoms with Gasteiger partial charge in [0.2, 0.25) is 11.8 Å². The van der Waals surface area contributed by atoms with Crippen molar-refractivity contribution in [3.63, 3.8) is 0 Å². The van der Waals surface area contributed by atoms with Crippen LogP contribution in [0.3, 0.4) is 0 Å². The summed E-state index contributed by atoms with van der Waals surface area (Å²) in [6.45, 7) is 6.18. The summed E-state index contributed by atoms with van der Waals surface area (Å²) in [5, 5.41) is 12.0. The number of aliphatic hydroxyl groups is 1. The van der Waals surface area contributed by atoms with E-state index in [2.05, 4.69) is 22.3 Å². The summed E-state index contributed by atoms with van der Waals surface area (Å²) in [5.41, 5.74) is 1.22. The number of hydrogen-bond donors (Lipinski definition) is 2. The standard InChI is InChI=1S/C19H29N3O3/c1-15(2)22(12-13-23)18(24)14-17-19(25)20-9-11-21(17)10-8-16-6-4-3-5-7-16/h3-7,15,17,23H,8-14H2,1-2H3,(H,20,25)/t17-/m0/s1. The first-order chi connectivity index (χ1) is 12.0. The van der Waals surface area contributed by atoms with Gasteiger partial charge in [0.25, 0.3) is 0 Å². The summed E-state index contributed by atoms with van der Waals surface area (Å²) >= 11 is 0. The Bertz CT molecular complexity index is 562. The number of amides is 2. The highest BCUT2D eigenvalue weighted by atomic mass is 16.3. The van der Waals surface area contributed by atoms with E-state index in [0.717, 1.165) is 19.5 Å². The van der Waals surface area contributed by atoms with Crippen LogP contribution in [0.25, 0.3) is 0 Å². The van der Waals surface area contributed by atoms with Crippen molar-refractivity contribution in [2.45, 2.75) is 38.8 Å². The third kappa shape index (κ3) is 5.54. The fraction of sp³-hybridized carbons (Fsp3) is 0.579. The number of nitrogens with one attached hydrogen (secondary N) is 1. The summed E-state index contributed by atoms with van der Waals surface area (Å²) < 4.78 is 0. The van der Waals surface area contributed by atoms with Crippen LogP contribution < -0.4 is 5.32 Å². The fourth-order valence-electron chi connectivity index (χ4n) is 3.23. The molecule has 0 saturated carbocycles. The van der Waals surface area contributed by atoms with Crippen molar-refractivity contribution in [3.05, 3.63) is 35.9 Å². The zero-order valence-corrected chi connectivity index (χ0v) is 15.1. The van der Waals surface area contributed by atoms with Crippen LogP contribution in [0.1, 0.15) is 25.8 Å². The maximum absolute atomic E-state index is 12.6. The Labute approximate surface area is 149 Å². The topological polar surface area (TPSA) is 72.9 Å². The van der Waals surface area contributed by atoms with Crippen LogP contribution in [0.15, 0.2) is 30.3 Å². The molecule has 0 aliphatic carbocycles. The summed E-state index contributed by atoms with van der Waals surface area (Å²) in [6, 6.07) is 9.72. The zero-order chi connectivity index (χ0) is 18.2. The van der Waals surface area contributed by atoms with Crippen molar-refractivity contribution in [2.75, 3.05) is 32.8 Å². The van der Waals surface area contributed by atoms with Gasteiger partial charge in [0, 0.05) is 32.2 Å². The van der Waals surface area contributed by atoms with E-state index in [4.69, 9.17) is 0 Å². The van der Waals surface area contributed by atoms with Gasteiger partial charge in [-0.2, -0.15) is 0 Å². The smallest absolute Gasteiger partial charge is 0.237 e. The number of rotatable bonds is 8. The predicted octanol–water partition coefficient (Wildman–Crippen LogP) is 0.649. The van der Waals surface area contributed by atoms with Gasteiger partial charge < -0.3 is 15.3 Å². The predicted molar refractivity (Wildman–Crippen MR) is 97.1 cm³/mol. The van der Waals surface area contributed by atoms with Crippen molar-refractivity contribution < 1.29 is 14.7 Å². The number of nitrogens with zero attached hydrogens (tertiary/aromatic N) is 2. The van der Waals surface area contributed by atoms with Gasteiger partial charge in [-0.15, -0.1) is 0 Å². The van der Waals surface area contributed by atoms with E-state index < -0.39 is 6.04 Å². The molecule has 6 nitrogen and oxygen atoms in total. The third-order valence-corrected chi connectivity index (χ3v) is 4.62. The van der Waals surface area contributed by atoms with Crippen LogP contribution in [0.2, 0.25) is 0 Å². The molecular weight excluding hydrogens is 318 g/mol. The fourth-order valence-corrected chi connectivity index (χ4v) is 3.23. The number of benzene rings is 1. The van der Waals surface area contributed by atoms with Gasteiger partial charge >= 0.3 is 0 Å². The molecule has 1 atom stereocenters. The molecular formula is C19H29N3O3. The minimum atomic E-state index is -0.440. The molecule has 1 fully saturated rings. The maximum Gasteiger partial charge on any atom is 0.237 e. The minimum absolute atomic E-state index is 0.00377. The van der Waals surface area contributed by atoms with Gasteiger partial charge in [-0.1, -0.05) is 30.3 Å². The normalized spacial score (nSPS) is 18.2. The number of carbonyl (C=O) groups excluding carboxylic acids is 2. The molecule has 2 rings (SSSR count). The Morgan fingerprint density at radius 2 is 2.08 bits per heavy atom. The molecule has 2 amide bonds. The van der Waals surface area contributed by atoms with Gasteiger partial charge in [-0.25, -0.2) is 0 Å².